The van der Waals surface area contributed by atoms with Gasteiger partial charge in [0.15, 0.2) is 11.6 Å². The van der Waals surface area contributed by atoms with Gasteiger partial charge in [0.2, 0.25) is 0 Å². The van der Waals surface area contributed by atoms with Crippen molar-refractivity contribution in [1.29, 1.82) is 0 Å². The van der Waals surface area contributed by atoms with Crippen molar-refractivity contribution in [3.8, 4) is 5.75 Å². The monoisotopic (exact) mass is 245 g/mol. The van der Waals surface area contributed by atoms with Crippen LogP contribution in [0.1, 0.15) is 30.9 Å². The van der Waals surface area contributed by atoms with Gasteiger partial charge in [-0.2, -0.15) is 0 Å². The van der Waals surface area contributed by atoms with Gasteiger partial charge < -0.3 is 10.5 Å². The molecule has 1 aromatic carbocycles. The smallest absolute Gasteiger partial charge is 0.165 e. The third-order valence-electron chi connectivity index (χ3n) is 3.22. The average Bonchev–Trinajstić information content (AvgIpc) is 2.14. The van der Waals surface area contributed by atoms with Gasteiger partial charge in [-0.3, -0.25) is 0 Å². The van der Waals surface area contributed by atoms with E-state index in [1.54, 1.807) is 6.07 Å². The summed E-state index contributed by atoms with van der Waals surface area (Å²) in [6, 6.07) is 4.84. The summed E-state index contributed by atoms with van der Waals surface area (Å²) >= 11 is 0. The summed E-state index contributed by atoms with van der Waals surface area (Å²) in [5.41, 5.74) is 6.89. The van der Waals surface area contributed by atoms with Crippen molar-refractivity contribution in [2.24, 2.45) is 11.7 Å². The van der Waals surface area contributed by atoms with Gasteiger partial charge in [0, 0.05) is 11.6 Å². The van der Waals surface area contributed by atoms with E-state index in [9.17, 15) is 4.39 Å². The minimum atomic E-state index is -0.329. The van der Waals surface area contributed by atoms with E-state index < -0.39 is 0 Å². The summed E-state index contributed by atoms with van der Waals surface area (Å²) in [5.74, 6) is 0.461. The molecule has 4 heteroatoms. The van der Waals surface area contributed by atoms with Crippen LogP contribution in [-0.2, 0) is 0 Å². The third-order valence-corrected chi connectivity index (χ3v) is 3.22. The van der Waals surface area contributed by atoms with Crippen LogP contribution < -0.4 is 10.5 Å². The van der Waals surface area contributed by atoms with Gasteiger partial charge in [-0.1, -0.05) is 18.6 Å². The third kappa shape index (κ3) is 2.30. The second kappa shape index (κ2) is 5.51. The molecule has 0 spiro atoms. The highest BCUT2D eigenvalue weighted by Crippen LogP contribution is 2.39. The SMILES string of the molecule is COc1c(F)cccc1[C@H](N)C1CCC1.Cl. The van der Waals surface area contributed by atoms with Crippen molar-refractivity contribution >= 4 is 12.4 Å². The fraction of sp³-hybridized carbons (Fsp3) is 0.500. The highest BCUT2D eigenvalue weighted by molar-refractivity contribution is 5.85. The normalized spacial score (nSPS) is 17.2. The highest BCUT2D eigenvalue weighted by Gasteiger charge is 2.28. The molecule has 1 fully saturated rings. The summed E-state index contributed by atoms with van der Waals surface area (Å²) in [4.78, 5) is 0. The minimum absolute atomic E-state index is 0. The summed E-state index contributed by atoms with van der Waals surface area (Å²) in [6.45, 7) is 0. The molecule has 1 aliphatic carbocycles. The molecule has 1 aromatic rings. The number of para-hydroxylation sites is 1. The molecule has 1 atom stereocenters. The molecule has 0 amide bonds. The highest BCUT2D eigenvalue weighted by atomic mass is 35.5. The standard InChI is InChI=1S/C12H16FNO.ClH/c1-15-12-9(6-3-7-10(12)13)11(14)8-4-2-5-8;/h3,6-8,11H,2,4-5,14H2,1H3;1H/t11-;/m1./s1. The number of hydrogen-bond donors (Lipinski definition) is 1. The van der Waals surface area contributed by atoms with E-state index in [-0.39, 0.29) is 24.3 Å². The van der Waals surface area contributed by atoms with E-state index >= 15 is 0 Å². The van der Waals surface area contributed by atoms with Gasteiger partial charge in [-0.25, -0.2) is 4.39 Å². The van der Waals surface area contributed by atoms with Crippen LogP contribution in [0.3, 0.4) is 0 Å². The molecular formula is C12H17ClFNO. The largest absolute Gasteiger partial charge is 0.493 e. The second-order valence-corrected chi connectivity index (χ2v) is 4.08. The maximum atomic E-state index is 13.4. The number of ether oxygens (including phenoxy) is 1. The molecule has 0 aromatic heterocycles. The Hall–Kier alpha value is -0.800. The van der Waals surface area contributed by atoms with Gasteiger partial charge in [-0.15, -0.1) is 12.4 Å². The Balaban J connectivity index is 0.00000128. The summed E-state index contributed by atoms with van der Waals surface area (Å²) in [7, 11) is 1.48. The Kier molecular flexibility index (Phi) is 4.56. The van der Waals surface area contributed by atoms with Gasteiger partial charge in [0.25, 0.3) is 0 Å². The summed E-state index contributed by atoms with van der Waals surface area (Å²) in [6.07, 6.45) is 3.51. The van der Waals surface area contributed by atoms with Crippen molar-refractivity contribution in [2.45, 2.75) is 25.3 Å². The lowest BCUT2D eigenvalue weighted by atomic mass is 9.77. The quantitative estimate of drug-likeness (QED) is 0.888. The Morgan fingerprint density at radius 3 is 2.62 bits per heavy atom. The molecule has 0 saturated heterocycles. The van der Waals surface area contributed by atoms with Crippen LogP contribution in [-0.4, -0.2) is 7.11 Å². The molecule has 0 bridgehead atoms. The van der Waals surface area contributed by atoms with Crippen molar-refractivity contribution in [1.82, 2.24) is 0 Å². The molecular weight excluding hydrogens is 229 g/mol. The number of methoxy groups -OCH3 is 1. The van der Waals surface area contributed by atoms with Crippen molar-refractivity contribution in [3.05, 3.63) is 29.6 Å². The Bertz CT molecular complexity index is 355. The zero-order valence-corrected chi connectivity index (χ0v) is 10.1. The van der Waals surface area contributed by atoms with Crippen LogP contribution in [0.2, 0.25) is 0 Å². The topological polar surface area (TPSA) is 35.2 Å². The molecule has 0 heterocycles. The van der Waals surface area contributed by atoms with Crippen LogP contribution in [0.4, 0.5) is 4.39 Å². The van der Waals surface area contributed by atoms with Crippen molar-refractivity contribution in [3.63, 3.8) is 0 Å². The number of benzene rings is 1. The molecule has 90 valence electrons. The van der Waals surface area contributed by atoms with Crippen LogP contribution in [0.5, 0.6) is 5.75 Å². The number of rotatable bonds is 3. The molecule has 1 saturated carbocycles. The number of nitrogens with two attached hydrogens (primary N) is 1. The first-order chi connectivity index (χ1) is 7.24. The molecule has 0 unspecified atom stereocenters. The molecule has 2 N–H and O–H groups in total. The van der Waals surface area contributed by atoms with Crippen LogP contribution in [0.25, 0.3) is 0 Å². The van der Waals surface area contributed by atoms with E-state index in [0.29, 0.717) is 11.7 Å². The summed E-state index contributed by atoms with van der Waals surface area (Å²) < 4.78 is 18.5. The van der Waals surface area contributed by atoms with E-state index in [1.807, 2.05) is 6.07 Å². The molecule has 0 radical (unpaired) electrons. The van der Waals surface area contributed by atoms with Gasteiger partial charge in [0.1, 0.15) is 0 Å². The van der Waals surface area contributed by atoms with Gasteiger partial charge in [-0.05, 0) is 24.8 Å². The fourth-order valence-corrected chi connectivity index (χ4v) is 2.06. The first kappa shape index (κ1) is 13.3. The fourth-order valence-electron chi connectivity index (χ4n) is 2.06. The Morgan fingerprint density at radius 1 is 1.44 bits per heavy atom. The molecule has 2 nitrogen and oxygen atoms in total. The maximum Gasteiger partial charge on any atom is 0.165 e. The molecule has 16 heavy (non-hydrogen) atoms. The van der Waals surface area contributed by atoms with E-state index in [1.165, 1.54) is 19.6 Å². The number of hydrogen-bond acceptors (Lipinski definition) is 2. The van der Waals surface area contributed by atoms with Gasteiger partial charge >= 0.3 is 0 Å². The Morgan fingerprint density at radius 2 is 2.12 bits per heavy atom. The number of halogens is 2. The zero-order valence-electron chi connectivity index (χ0n) is 9.28. The van der Waals surface area contributed by atoms with E-state index in [0.717, 1.165) is 18.4 Å². The lowest BCUT2D eigenvalue weighted by molar-refractivity contribution is 0.258. The molecule has 2 rings (SSSR count). The summed E-state index contributed by atoms with van der Waals surface area (Å²) in [5, 5.41) is 0. The first-order valence-corrected chi connectivity index (χ1v) is 5.32. The predicted octanol–water partition coefficient (Wildman–Crippen LogP) is 3.06. The van der Waals surface area contributed by atoms with Crippen LogP contribution in [0, 0.1) is 11.7 Å². The van der Waals surface area contributed by atoms with Crippen molar-refractivity contribution in [2.75, 3.05) is 7.11 Å². The maximum absolute atomic E-state index is 13.4. The van der Waals surface area contributed by atoms with Crippen molar-refractivity contribution < 1.29 is 9.13 Å². The first-order valence-electron chi connectivity index (χ1n) is 5.32. The average molecular weight is 246 g/mol. The van der Waals surface area contributed by atoms with E-state index in [4.69, 9.17) is 10.5 Å². The molecule has 0 aliphatic heterocycles. The van der Waals surface area contributed by atoms with Crippen LogP contribution >= 0.6 is 12.4 Å². The Labute approximate surface area is 101 Å². The zero-order chi connectivity index (χ0) is 10.8. The molecule has 1 aliphatic rings. The van der Waals surface area contributed by atoms with Gasteiger partial charge in [0.05, 0.1) is 7.11 Å². The lowest BCUT2D eigenvalue weighted by Crippen LogP contribution is -2.27. The minimum Gasteiger partial charge on any atom is -0.493 e. The van der Waals surface area contributed by atoms with Crippen LogP contribution in [0.15, 0.2) is 18.2 Å². The lowest BCUT2D eigenvalue weighted by Gasteiger charge is -2.32. The van der Waals surface area contributed by atoms with E-state index in [2.05, 4.69) is 0 Å². The predicted molar refractivity (Wildman–Crippen MR) is 64.5 cm³/mol. The second-order valence-electron chi connectivity index (χ2n) is 4.08.